The van der Waals surface area contributed by atoms with Gasteiger partial charge < -0.3 is 19.1 Å². The first-order valence-electron chi connectivity index (χ1n) is 8.09. The van der Waals surface area contributed by atoms with E-state index < -0.39 is 46.0 Å². The number of hydrogen-bond acceptors (Lipinski definition) is 6. The standard InChI is InChI=1S/C17H23F3N2O6/c1-16(2,3)8-21(9-17(18,19)20)15(23)10-7-11(26-4)13(27-5)14(28-6)12(10)22(24)25/h7H,8-9H2,1-6H3. The van der Waals surface area contributed by atoms with Gasteiger partial charge in [0.15, 0.2) is 5.75 Å². The van der Waals surface area contributed by atoms with Crippen LogP contribution in [0.1, 0.15) is 31.1 Å². The molecule has 0 N–H and O–H groups in total. The van der Waals surface area contributed by atoms with Crippen LogP contribution >= 0.6 is 0 Å². The lowest BCUT2D eigenvalue weighted by atomic mass is 9.95. The summed E-state index contributed by atoms with van der Waals surface area (Å²) >= 11 is 0. The highest BCUT2D eigenvalue weighted by Gasteiger charge is 2.39. The van der Waals surface area contributed by atoms with Crippen molar-refractivity contribution in [2.75, 3.05) is 34.4 Å². The minimum absolute atomic E-state index is 0.0870. The number of alkyl halides is 3. The van der Waals surface area contributed by atoms with Crippen LogP contribution in [0.2, 0.25) is 0 Å². The number of halogens is 3. The maximum Gasteiger partial charge on any atom is 0.406 e. The molecule has 0 aliphatic carbocycles. The molecule has 0 unspecified atom stereocenters. The molecule has 0 bridgehead atoms. The van der Waals surface area contributed by atoms with E-state index in [4.69, 9.17) is 14.2 Å². The summed E-state index contributed by atoms with van der Waals surface area (Å²) in [6.07, 6.45) is -4.68. The molecule has 28 heavy (non-hydrogen) atoms. The molecule has 0 aliphatic rings. The van der Waals surface area contributed by atoms with E-state index in [0.29, 0.717) is 4.90 Å². The minimum atomic E-state index is -4.68. The average molecular weight is 408 g/mol. The normalized spacial score (nSPS) is 11.8. The predicted molar refractivity (Wildman–Crippen MR) is 94.2 cm³/mol. The van der Waals surface area contributed by atoms with E-state index >= 15 is 0 Å². The highest BCUT2D eigenvalue weighted by molar-refractivity contribution is 6.00. The Labute approximate surface area is 160 Å². The van der Waals surface area contributed by atoms with E-state index in [0.717, 1.165) is 13.2 Å². The SMILES string of the molecule is COc1cc(C(=O)N(CC(C)(C)C)CC(F)(F)F)c([N+](=O)[O-])c(OC)c1OC. The van der Waals surface area contributed by atoms with Gasteiger partial charge in [-0.15, -0.1) is 0 Å². The number of methoxy groups -OCH3 is 3. The third-order valence-corrected chi connectivity index (χ3v) is 3.54. The van der Waals surface area contributed by atoms with Crippen LogP contribution < -0.4 is 14.2 Å². The third-order valence-electron chi connectivity index (χ3n) is 3.54. The van der Waals surface area contributed by atoms with Crippen LogP contribution in [0.5, 0.6) is 17.2 Å². The van der Waals surface area contributed by atoms with Crippen LogP contribution in [0.3, 0.4) is 0 Å². The molecular formula is C17H23F3N2O6. The fourth-order valence-corrected chi connectivity index (χ4v) is 2.64. The van der Waals surface area contributed by atoms with E-state index in [9.17, 15) is 28.1 Å². The summed E-state index contributed by atoms with van der Waals surface area (Å²) in [7, 11) is 3.54. The first-order chi connectivity index (χ1) is 12.8. The number of carbonyl (C=O) groups excluding carboxylic acids is 1. The predicted octanol–water partition coefficient (Wildman–Crippen LogP) is 3.67. The van der Waals surface area contributed by atoms with Gasteiger partial charge in [0, 0.05) is 12.6 Å². The van der Waals surface area contributed by atoms with Crippen molar-refractivity contribution < 1.29 is 37.1 Å². The molecule has 0 fully saturated rings. The monoisotopic (exact) mass is 408 g/mol. The number of ether oxygens (including phenoxy) is 3. The maximum absolute atomic E-state index is 13.0. The van der Waals surface area contributed by atoms with Crippen LogP contribution in [0.25, 0.3) is 0 Å². The molecule has 8 nitrogen and oxygen atoms in total. The quantitative estimate of drug-likeness (QED) is 0.505. The molecule has 11 heteroatoms. The topological polar surface area (TPSA) is 91.1 Å². The summed E-state index contributed by atoms with van der Waals surface area (Å²) in [6.45, 7) is 3.10. The van der Waals surface area contributed by atoms with Crippen molar-refractivity contribution in [3.8, 4) is 17.2 Å². The molecule has 1 aromatic carbocycles. The molecule has 0 aromatic heterocycles. The van der Waals surface area contributed by atoms with Crippen LogP contribution in [0.4, 0.5) is 18.9 Å². The van der Waals surface area contributed by atoms with Gasteiger partial charge in [0.2, 0.25) is 11.5 Å². The molecule has 0 heterocycles. The zero-order valence-corrected chi connectivity index (χ0v) is 16.5. The Morgan fingerprint density at radius 1 is 1.07 bits per heavy atom. The molecule has 0 saturated carbocycles. The number of carbonyl (C=O) groups is 1. The summed E-state index contributed by atoms with van der Waals surface area (Å²) < 4.78 is 54.2. The van der Waals surface area contributed by atoms with Crippen molar-refractivity contribution in [1.82, 2.24) is 4.90 Å². The molecule has 1 amide bonds. The summed E-state index contributed by atoms with van der Waals surface area (Å²) in [6, 6.07) is 0.980. The Kier molecular flexibility index (Phi) is 7.10. The van der Waals surface area contributed by atoms with Crippen molar-refractivity contribution in [1.29, 1.82) is 0 Å². The largest absolute Gasteiger partial charge is 0.493 e. The van der Waals surface area contributed by atoms with Crippen LogP contribution in [0.15, 0.2) is 6.07 Å². The van der Waals surface area contributed by atoms with Crippen LogP contribution in [-0.2, 0) is 0 Å². The average Bonchev–Trinajstić information content (AvgIpc) is 2.55. The number of rotatable bonds is 7. The van der Waals surface area contributed by atoms with Crippen LogP contribution in [-0.4, -0.2) is 56.3 Å². The Hall–Kier alpha value is -2.72. The van der Waals surface area contributed by atoms with E-state index in [1.54, 1.807) is 20.8 Å². The Bertz CT molecular complexity index is 728. The number of nitro groups is 1. The first kappa shape index (κ1) is 23.3. The number of benzene rings is 1. The molecule has 0 radical (unpaired) electrons. The van der Waals surface area contributed by atoms with Crippen molar-refractivity contribution in [2.24, 2.45) is 5.41 Å². The highest BCUT2D eigenvalue weighted by atomic mass is 19.4. The fraction of sp³-hybridized carbons (Fsp3) is 0.588. The van der Waals surface area contributed by atoms with Crippen molar-refractivity contribution in [2.45, 2.75) is 26.9 Å². The van der Waals surface area contributed by atoms with Gasteiger partial charge in [-0.25, -0.2) is 0 Å². The van der Waals surface area contributed by atoms with E-state index in [1.807, 2.05) is 0 Å². The van der Waals surface area contributed by atoms with Gasteiger partial charge in [-0.2, -0.15) is 13.2 Å². The third kappa shape index (κ3) is 5.64. The lowest BCUT2D eigenvalue weighted by molar-refractivity contribution is -0.386. The van der Waals surface area contributed by atoms with Crippen LogP contribution in [0, 0.1) is 15.5 Å². The van der Waals surface area contributed by atoms with Gasteiger partial charge in [-0.3, -0.25) is 14.9 Å². The second-order valence-corrected chi connectivity index (χ2v) is 7.14. The Morgan fingerprint density at radius 2 is 1.61 bits per heavy atom. The van der Waals surface area contributed by atoms with Gasteiger partial charge >= 0.3 is 11.9 Å². The van der Waals surface area contributed by atoms with E-state index in [-0.39, 0.29) is 18.0 Å². The molecular weight excluding hydrogens is 385 g/mol. The van der Waals surface area contributed by atoms with E-state index in [1.165, 1.54) is 14.2 Å². The molecule has 1 aromatic rings. The lowest BCUT2D eigenvalue weighted by Gasteiger charge is -2.30. The van der Waals surface area contributed by atoms with E-state index in [2.05, 4.69) is 0 Å². The summed E-state index contributed by atoms with van der Waals surface area (Å²) in [5.41, 5.74) is -2.07. The second kappa shape index (κ2) is 8.53. The number of amides is 1. The van der Waals surface area contributed by atoms with Gasteiger partial charge in [0.1, 0.15) is 12.1 Å². The van der Waals surface area contributed by atoms with Crippen molar-refractivity contribution >= 4 is 11.6 Å². The van der Waals surface area contributed by atoms with Gasteiger partial charge in [0.05, 0.1) is 26.3 Å². The van der Waals surface area contributed by atoms with Gasteiger partial charge in [-0.05, 0) is 5.41 Å². The summed E-state index contributed by atoms with van der Waals surface area (Å²) in [5, 5.41) is 11.6. The Morgan fingerprint density at radius 3 is 1.96 bits per heavy atom. The number of hydrogen-bond donors (Lipinski definition) is 0. The first-order valence-corrected chi connectivity index (χ1v) is 8.09. The Balaban J connectivity index is 3.68. The molecule has 1 rings (SSSR count). The molecule has 158 valence electrons. The second-order valence-electron chi connectivity index (χ2n) is 7.14. The van der Waals surface area contributed by atoms with Gasteiger partial charge in [-0.1, -0.05) is 20.8 Å². The lowest BCUT2D eigenvalue weighted by Crippen LogP contribution is -2.43. The fourth-order valence-electron chi connectivity index (χ4n) is 2.64. The van der Waals surface area contributed by atoms with Crippen molar-refractivity contribution in [3.05, 3.63) is 21.7 Å². The minimum Gasteiger partial charge on any atom is -0.493 e. The molecule has 0 atom stereocenters. The highest BCUT2D eigenvalue weighted by Crippen LogP contribution is 2.46. The zero-order chi connectivity index (χ0) is 21.9. The maximum atomic E-state index is 13.0. The van der Waals surface area contributed by atoms with Crippen molar-refractivity contribution in [3.63, 3.8) is 0 Å². The molecule has 0 saturated heterocycles. The summed E-state index contributed by atoms with van der Waals surface area (Å²) in [5.74, 6) is -1.82. The van der Waals surface area contributed by atoms with Gasteiger partial charge in [0.25, 0.3) is 5.91 Å². The molecule has 0 spiro atoms. The number of nitro benzene ring substituents is 1. The number of nitrogens with zero attached hydrogens (tertiary/aromatic N) is 2. The zero-order valence-electron chi connectivity index (χ0n) is 16.5. The molecule has 0 aliphatic heterocycles. The smallest absolute Gasteiger partial charge is 0.406 e. The summed E-state index contributed by atoms with van der Waals surface area (Å²) in [4.78, 5) is 24.1.